The van der Waals surface area contributed by atoms with E-state index in [0.29, 0.717) is 28.1 Å². The maximum Gasteiger partial charge on any atom is 0.243 e. The fourth-order valence-corrected chi connectivity index (χ4v) is 4.31. The van der Waals surface area contributed by atoms with Crippen molar-refractivity contribution in [1.82, 2.24) is 4.31 Å². The summed E-state index contributed by atoms with van der Waals surface area (Å²) in [5.41, 5.74) is 0.395. The van der Waals surface area contributed by atoms with Gasteiger partial charge >= 0.3 is 0 Å². The fourth-order valence-electron chi connectivity index (χ4n) is 2.38. The minimum atomic E-state index is -3.82. The molecule has 0 saturated heterocycles. The Kier molecular flexibility index (Phi) is 7.49. The molecular formula is C18H20Cl2N2O4S. The number of hydrogen-bond acceptors (Lipinski definition) is 4. The number of nitrogens with zero attached hydrogens (tertiary/aromatic N) is 1. The number of likely N-dealkylation sites (N-methyl/N-ethyl adjacent to an activating group) is 1. The second-order valence-corrected chi connectivity index (χ2v) is 8.35. The van der Waals surface area contributed by atoms with E-state index < -0.39 is 15.9 Å². The van der Waals surface area contributed by atoms with E-state index in [4.69, 9.17) is 27.9 Å². The Morgan fingerprint density at radius 2 is 1.67 bits per heavy atom. The van der Waals surface area contributed by atoms with Crippen molar-refractivity contribution in [2.24, 2.45) is 0 Å². The Hall–Kier alpha value is -1.80. The Balaban J connectivity index is 2.13. The van der Waals surface area contributed by atoms with Crippen molar-refractivity contribution in [1.29, 1.82) is 0 Å². The zero-order valence-corrected chi connectivity index (χ0v) is 17.2. The molecule has 0 spiro atoms. The highest BCUT2D eigenvalue weighted by Gasteiger charge is 2.25. The number of sulfonamides is 1. The average molecular weight is 431 g/mol. The van der Waals surface area contributed by atoms with Crippen molar-refractivity contribution in [2.75, 3.05) is 25.0 Å². The van der Waals surface area contributed by atoms with Crippen LogP contribution in [0, 0.1) is 0 Å². The van der Waals surface area contributed by atoms with Gasteiger partial charge in [-0.25, -0.2) is 8.42 Å². The average Bonchev–Trinajstić information content (AvgIpc) is 2.59. The molecule has 0 heterocycles. The van der Waals surface area contributed by atoms with Crippen LogP contribution in [0.3, 0.4) is 0 Å². The van der Waals surface area contributed by atoms with Gasteiger partial charge in [-0.05, 0) is 49.4 Å². The molecule has 0 saturated carbocycles. The fraction of sp³-hybridized carbons (Fsp3) is 0.278. The van der Waals surface area contributed by atoms with Gasteiger partial charge in [0.25, 0.3) is 0 Å². The van der Waals surface area contributed by atoms with E-state index in [0.717, 1.165) is 4.31 Å². The number of benzene rings is 2. The normalized spacial score (nSPS) is 11.4. The van der Waals surface area contributed by atoms with E-state index in [2.05, 4.69) is 5.32 Å². The third kappa shape index (κ3) is 5.84. The zero-order valence-electron chi connectivity index (χ0n) is 14.9. The number of rotatable bonds is 8. The van der Waals surface area contributed by atoms with E-state index in [1.54, 1.807) is 19.1 Å². The summed E-state index contributed by atoms with van der Waals surface area (Å²) in [5, 5.41) is 3.34. The third-order valence-electron chi connectivity index (χ3n) is 3.59. The Morgan fingerprint density at radius 3 is 2.19 bits per heavy atom. The molecule has 0 aliphatic heterocycles. The van der Waals surface area contributed by atoms with Gasteiger partial charge in [-0.3, -0.25) is 4.79 Å². The van der Waals surface area contributed by atoms with Gasteiger partial charge < -0.3 is 10.1 Å². The first kappa shape index (κ1) is 21.5. The quantitative estimate of drug-likeness (QED) is 0.685. The number of anilines is 1. The number of hydrogen-bond donors (Lipinski definition) is 1. The predicted molar refractivity (Wildman–Crippen MR) is 107 cm³/mol. The highest BCUT2D eigenvalue weighted by atomic mass is 35.5. The number of halogens is 2. The van der Waals surface area contributed by atoms with E-state index in [1.807, 2.05) is 6.92 Å². The first-order valence-electron chi connectivity index (χ1n) is 8.25. The van der Waals surface area contributed by atoms with Crippen LogP contribution in [-0.4, -0.2) is 38.3 Å². The number of nitrogens with one attached hydrogen (secondary N) is 1. The summed E-state index contributed by atoms with van der Waals surface area (Å²) in [7, 11) is -3.82. The molecule has 0 radical (unpaired) electrons. The molecule has 0 aliphatic carbocycles. The Morgan fingerprint density at radius 1 is 1.07 bits per heavy atom. The summed E-state index contributed by atoms with van der Waals surface area (Å²) in [4.78, 5) is 12.4. The number of amides is 1. The SMILES string of the molecule is CCOc1ccc(S(=O)(=O)N(CC)CC(=O)Nc2cc(Cl)cc(Cl)c2)cc1. The smallest absolute Gasteiger partial charge is 0.243 e. The molecule has 1 amide bonds. The Labute approximate surface area is 169 Å². The van der Waals surface area contributed by atoms with Gasteiger partial charge in [0.05, 0.1) is 18.0 Å². The van der Waals surface area contributed by atoms with Crippen LogP contribution in [0.4, 0.5) is 5.69 Å². The monoisotopic (exact) mass is 430 g/mol. The van der Waals surface area contributed by atoms with Crippen LogP contribution in [0.1, 0.15) is 13.8 Å². The maximum absolute atomic E-state index is 12.8. The van der Waals surface area contributed by atoms with Crippen molar-refractivity contribution in [2.45, 2.75) is 18.7 Å². The van der Waals surface area contributed by atoms with Crippen LogP contribution in [0.25, 0.3) is 0 Å². The lowest BCUT2D eigenvalue weighted by atomic mass is 10.3. The van der Waals surface area contributed by atoms with Crippen molar-refractivity contribution in [3.05, 3.63) is 52.5 Å². The van der Waals surface area contributed by atoms with Crippen LogP contribution in [0.5, 0.6) is 5.75 Å². The lowest BCUT2D eigenvalue weighted by Crippen LogP contribution is -2.37. The maximum atomic E-state index is 12.8. The molecule has 0 fully saturated rings. The standard InChI is InChI=1S/C18H20Cl2N2O4S/c1-3-22(12-18(23)21-15-10-13(19)9-14(20)11-15)27(24,25)17-7-5-16(6-8-17)26-4-2/h5-11H,3-4,12H2,1-2H3,(H,21,23). The van der Waals surface area contributed by atoms with E-state index in [9.17, 15) is 13.2 Å². The molecular weight excluding hydrogens is 411 g/mol. The second kappa shape index (κ2) is 9.41. The Bertz CT molecular complexity index is 882. The highest BCUT2D eigenvalue weighted by Crippen LogP contribution is 2.23. The zero-order chi connectivity index (χ0) is 20.0. The van der Waals surface area contributed by atoms with Gasteiger partial charge in [-0.15, -0.1) is 0 Å². The van der Waals surface area contributed by atoms with Crippen LogP contribution < -0.4 is 10.1 Å². The summed E-state index contributed by atoms with van der Waals surface area (Å²) in [5.74, 6) is 0.0831. The highest BCUT2D eigenvalue weighted by molar-refractivity contribution is 7.89. The predicted octanol–water partition coefficient (Wildman–Crippen LogP) is 4.04. The molecule has 0 unspecified atom stereocenters. The minimum Gasteiger partial charge on any atom is -0.494 e. The van der Waals surface area contributed by atoms with Crippen molar-refractivity contribution in [3.8, 4) is 5.75 Å². The van der Waals surface area contributed by atoms with Gasteiger partial charge in [0.2, 0.25) is 15.9 Å². The number of ether oxygens (including phenoxy) is 1. The second-order valence-electron chi connectivity index (χ2n) is 5.54. The topological polar surface area (TPSA) is 75.7 Å². The van der Waals surface area contributed by atoms with Crippen LogP contribution >= 0.6 is 23.2 Å². The summed E-state index contributed by atoms with van der Waals surface area (Å²) in [6.07, 6.45) is 0. The lowest BCUT2D eigenvalue weighted by molar-refractivity contribution is -0.116. The van der Waals surface area contributed by atoms with E-state index >= 15 is 0 Å². The number of carbonyl (C=O) groups is 1. The largest absolute Gasteiger partial charge is 0.494 e. The van der Waals surface area contributed by atoms with Crippen LogP contribution in [-0.2, 0) is 14.8 Å². The molecule has 9 heteroatoms. The van der Waals surface area contributed by atoms with Gasteiger partial charge in [0.1, 0.15) is 5.75 Å². The van der Waals surface area contributed by atoms with Gasteiger partial charge in [0.15, 0.2) is 0 Å². The molecule has 0 bridgehead atoms. The molecule has 146 valence electrons. The first-order valence-corrected chi connectivity index (χ1v) is 10.4. The molecule has 0 atom stereocenters. The summed E-state index contributed by atoms with van der Waals surface area (Å²) < 4.78 is 32.0. The van der Waals surface area contributed by atoms with Gasteiger partial charge in [-0.1, -0.05) is 30.1 Å². The molecule has 2 rings (SSSR count). The molecule has 27 heavy (non-hydrogen) atoms. The van der Waals surface area contributed by atoms with Crippen molar-refractivity contribution >= 4 is 44.8 Å². The molecule has 0 aromatic heterocycles. The van der Waals surface area contributed by atoms with Crippen LogP contribution in [0.15, 0.2) is 47.4 Å². The molecule has 6 nitrogen and oxygen atoms in total. The summed E-state index contributed by atoms with van der Waals surface area (Å²) in [6.45, 7) is 3.79. The van der Waals surface area contributed by atoms with E-state index in [1.165, 1.54) is 30.3 Å². The van der Waals surface area contributed by atoms with Gasteiger partial charge in [-0.2, -0.15) is 4.31 Å². The lowest BCUT2D eigenvalue weighted by Gasteiger charge is -2.20. The first-order chi connectivity index (χ1) is 12.8. The molecule has 2 aromatic rings. The van der Waals surface area contributed by atoms with Crippen LogP contribution in [0.2, 0.25) is 10.0 Å². The van der Waals surface area contributed by atoms with Gasteiger partial charge in [0, 0.05) is 22.3 Å². The van der Waals surface area contributed by atoms with Crippen molar-refractivity contribution < 1.29 is 17.9 Å². The summed E-state index contributed by atoms with van der Waals surface area (Å²) >= 11 is 11.8. The summed E-state index contributed by atoms with van der Waals surface area (Å²) in [6, 6.07) is 10.7. The molecule has 2 aromatic carbocycles. The van der Waals surface area contributed by atoms with Crippen molar-refractivity contribution in [3.63, 3.8) is 0 Å². The van der Waals surface area contributed by atoms with E-state index in [-0.39, 0.29) is 18.0 Å². The molecule has 1 N–H and O–H groups in total. The number of carbonyl (C=O) groups excluding carboxylic acids is 1. The molecule has 0 aliphatic rings. The minimum absolute atomic E-state index is 0.0893. The third-order valence-corrected chi connectivity index (χ3v) is 5.96.